The van der Waals surface area contributed by atoms with E-state index in [4.69, 9.17) is 8.83 Å². The molecule has 0 saturated carbocycles. The summed E-state index contributed by atoms with van der Waals surface area (Å²) in [4.78, 5) is 0. The second kappa shape index (κ2) is 5.03. The van der Waals surface area contributed by atoms with Crippen LogP contribution < -0.4 is 5.32 Å². The van der Waals surface area contributed by atoms with E-state index in [2.05, 4.69) is 12.2 Å². The molecule has 0 aliphatic rings. The molecule has 1 unspecified atom stereocenters. The summed E-state index contributed by atoms with van der Waals surface area (Å²) in [7, 11) is 0. The van der Waals surface area contributed by atoms with Crippen molar-refractivity contribution in [2.75, 3.05) is 6.54 Å². The van der Waals surface area contributed by atoms with Crippen LogP contribution in [0.15, 0.2) is 39.6 Å². The predicted molar refractivity (Wildman–Crippen MR) is 62.3 cm³/mol. The van der Waals surface area contributed by atoms with Crippen LogP contribution in [-0.2, 0) is 0 Å². The van der Waals surface area contributed by atoms with Gasteiger partial charge in [0.25, 0.3) is 0 Å². The number of nitrogens with one attached hydrogen (secondary N) is 1. The van der Waals surface area contributed by atoms with Gasteiger partial charge in [0.05, 0.1) is 12.5 Å². The van der Waals surface area contributed by atoms with E-state index in [0.717, 1.165) is 30.0 Å². The highest BCUT2D eigenvalue weighted by molar-refractivity contribution is 5.25. The molecule has 2 aromatic rings. The van der Waals surface area contributed by atoms with Crippen molar-refractivity contribution in [2.24, 2.45) is 0 Å². The lowest BCUT2D eigenvalue weighted by Gasteiger charge is -2.14. The molecule has 1 atom stereocenters. The Kier molecular flexibility index (Phi) is 3.47. The Hall–Kier alpha value is -1.48. The summed E-state index contributed by atoms with van der Waals surface area (Å²) < 4.78 is 11.0. The van der Waals surface area contributed by atoms with Gasteiger partial charge in [0.2, 0.25) is 0 Å². The number of hydrogen-bond donors (Lipinski definition) is 1. The van der Waals surface area contributed by atoms with Gasteiger partial charge in [0.1, 0.15) is 17.6 Å². The monoisotopic (exact) mass is 219 g/mol. The van der Waals surface area contributed by atoms with Crippen molar-refractivity contribution in [2.45, 2.75) is 26.3 Å². The van der Waals surface area contributed by atoms with Crippen LogP contribution in [0.25, 0.3) is 0 Å². The van der Waals surface area contributed by atoms with Gasteiger partial charge >= 0.3 is 0 Å². The molecule has 1 N–H and O–H groups in total. The Morgan fingerprint density at radius 2 is 2.12 bits per heavy atom. The van der Waals surface area contributed by atoms with E-state index in [9.17, 15) is 0 Å². The first-order valence-corrected chi connectivity index (χ1v) is 5.63. The van der Waals surface area contributed by atoms with Crippen LogP contribution in [-0.4, -0.2) is 6.54 Å². The third-order valence-electron chi connectivity index (χ3n) is 2.59. The molecule has 0 aliphatic heterocycles. The van der Waals surface area contributed by atoms with Crippen molar-refractivity contribution in [3.63, 3.8) is 0 Å². The van der Waals surface area contributed by atoms with Crippen LogP contribution in [0.5, 0.6) is 0 Å². The van der Waals surface area contributed by atoms with E-state index in [1.807, 2.05) is 25.1 Å². The Labute approximate surface area is 95.5 Å². The highest BCUT2D eigenvalue weighted by Gasteiger charge is 2.20. The molecule has 0 spiro atoms. The topological polar surface area (TPSA) is 38.3 Å². The lowest BCUT2D eigenvalue weighted by Crippen LogP contribution is -2.22. The zero-order valence-electron chi connectivity index (χ0n) is 9.69. The van der Waals surface area contributed by atoms with E-state index in [-0.39, 0.29) is 6.04 Å². The molecule has 2 aromatic heterocycles. The van der Waals surface area contributed by atoms with Gasteiger partial charge in [-0.1, -0.05) is 6.92 Å². The Morgan fingerprint density at radius 3 is 2.69 bits per heavy atom. The molecule has 0 fully saturated rings. The average Bonchev–Trinajstić information content (AvgIpc) is 2.91. The van der Waals surface area contributed by atoms with Gasteiger partial charge in [-0.25, -0.2) is 0 Å². The minimum atomic E-state index is 0.0185. The molecule has 0 amide bonds. The van der Waals surface area contributed by atoms with Crippen molar-refractivity contribution in [3.8, 4) is 0 Å². The Morgan fingerprint density at radius 1 is 1.25 bits per heavy atom. The minimum absolute atomic E-state index is 0.0185. The first-order chi connectivity index (χ1) is 7.83. The number of aryl methyl sites for hydroxylation is 1. The molecule has 0 aliphatic carbocycles. The molecule has 0 radical (unpaired) electrons. The summed E-state index contributed by atoms with van der Waals surface area (Å²) in [6.45, 7) is 5.12. The fourth-order valence-corrected chi connectivity index (χ4v) is 1.75. The van der Waals surface area contributed by atoms with E-state index in [0.29, 0.717) is 0 Å². The van der Waals surface area contributed by atoms with E-state index >= 15 is 0 Å². The molecular weight excluding hydrogens is 202 g/mol. The summed E-state index contributed by atoms with van der Waals surface area (Å²) in [6, 6.07) is 5.85. The number of rotatable bonds is 5. The van der Waals surface area contributed by atoms with Crippen molar-refractivity contribution < 1.29 is 8.83 Å². The van der Waals surface area contributed by atoms with Gasteiger partial charge < -0.3 is 14.2 Å². The highest BCUT2D eigenvalue weighted by atomic mass is 16.3. The summed E-state index contributed by atoms with van der Waals surface area (Å²) in [5.74, 6) is 1.83. The second-order valence-corrected chi connectivity index (χ2v) is 3.87. The molecule has 0 saturated heterocycles. The molecular formula is C13H17NO2. The summed E-state index contributed by atoms with van der Waals surface area (Å²) >= 11 is 0. The van der Waals surface area contributed by atoms with E-state index in [1.165, 1.54) is 0 Å². The van der Waals surface area contributed by atoms with E-state index < -0.39 is 0 Å². The fourth-order valence-electron chi connectivity index (χ4n) is 1.75. The first-order valence-electron chi connectivity index (χ1n) is 5.63. The highest BCUT2D eigenvalue weighted by Crippen LogP contribution is 2.25. The smallest absolute Gasteiger partial charge is 0.131 e. The minimum Gasteiger partial charge on any atom is -0.467 e. The molecule has 0 bridgehead atoms. The van der Waals surface area contributed by atoms with Gasteiger partial charge in [0, 0.05) is 0 Å². The van der Waals surface area contributed by atoms with Gasteiger partial charge in [-0.05, 0) is 43.7 Å². The maximum absolute atomic E-state index is 5.52. The molecule has 2 heterocycles. The van der Waals surface area contributed by atoms with E-state index in [1.54, 1.807) is 12.5 Å². The lowest BCUT2D eigenvalue weighted by atomic mass is 10.1. The van der Waals surface area contributed by atoms with Crippen LogP contribution in [0.3, 0.4) is 0 Å². The van der Waals surface area contributed by atoms with Crippen molar-refractivity contribution in [1.82, 2.24) is 5.32 Å². The van der Waals surface area contributed by atoms with Gasteiger partial charge in [-0.15, -0.1) is 0 Å². The standard InChI is InChI=1S/C13H17NO2/c1-3-7-14-12(11-5-4-8-15-11)13-10(2)6-9-16-13/h4-6,8-9,12,14H,3,7H2,1-2H3. The zero-order valence-corrected chi connectivity index (χ0v) is 9.69. The third kappa shape index (κ3) is 2.19. The average molecular weight is 219 g/mol. The van der Waals surface area contributed by atoms with Crippen molar-refractivity contribution >= 4 is 0 Å². The van der Waals surface area contributed by atoms with Crippen LogP contribution >= 0.6 is 0 Å². The quantitative estimate of drug-likeness (QED) is 0.838. The molecule has 2 rings (SSSR count). The Balaban J connectivity index is 2.25. The molecule has 16 heavy (non-hydrogen) atoms. The maximum atomic E-state index is 5.52. The van der Waals surface area contributed by atoms with Crippen LogP contribution in [0.2, 0.25) is 0 Å². The first kappa shape index (κ1) is 11.0. The molecule has 3 nitrogen and oxygen atoms in total. The van der Waals surface area contributed by atoms with Gasteiger partial charge in [-0.3, -0.25) is 0 Å². The van der Waals surface area contributed by atoms with Crippen molar-refractivity contribution in [3.05, 3.63) is 47.8 Å². The second-order valence-electron chi connectivity index (χ2n) is 3.87. The third-order valence-corrected chi connectivity index (χ3v) is 2.59. The van der Waals surface area contributed by atoms with Gasteiger partial charge in [-0.2, -0.15) is 0 Å². The SMILES string of the molecule is CCCNC(c1ccco1)c1occc1C. The maximum Gasteiger partial charge on any atom is 0.131 e. The lowest BCUT2D eigenvalue weighted by molar-refractivity contribution is 0.387. The van der Waals surface area contributed by atoms with Crippen LogP contribution in [0.4, 0.5) is 0 Å². The normalized spacial score (nSPS) is 12.9. The zero-order chi connectivity index (χ0) is 11.4. The fraction of sp³-hybridized carbons (Fsp3) is 0.385. The molecule has 86 valence electrons. The largest absolute Gasteiger partial charge is 0.467 e. The molecule has 3 heteroatoms. The summed E-state index contributed by atoms with van der Waals surface area (Å²) in [6.07, 6.45) is 4.49. The summed E-state index contributed by atoms with van der Waals surface area (Å²) in [5.41, 5.74) is 1.14. The molecule has 0 aromatic carbocycles. The van der Waals surface area contributed by atoms with Crippen LogP contribution in [0, 0.1) is 6.92 Å². The summed E-state index contributed by atoms with van der Waals surface area (Å²) in [5, 5.41) is 3.43. The van der Waals surface area contributed by atoms with Gasteiger partial charge in [0.15, 0.2) is 0 Å². The predicted octanol–water partition coefficient (Wildman–Crippen LogP) is 3.27. The number of hydrogen-bond acceptors (Lipinski definition) is 3. The number of furan rings is 2. The van der Waals surface area contributed by atoms with Crippen LogP contribution in [0.1, 0.15) is 36.5 Å². The van der Waals surface area contributed by atoms with Crippen molar-refractivity contribution in [1.29, 1.82) is 0 Å². The Bertz CT molecular complexity index is 417.